The largest absolute Gasteiger partial charge is 0.479 e. The Morgan fingerprint density at radius 1 is 0.724 bits per heavy atom. The monoisotopic (exact) mass is 786 g/mol. The van der Waals surface area contributed by atoms with Crippen LogP contribution in [0.3, 0.4) is 0 Å². The standard InChI is InChI=1S/C16H8Br6O7/c17-5-1-6(18)14(27-3-8(23)24)7(2-5)29-16-13(22)11(20)10(19)12(21)15(16)28-4-9(25)26/h1-2H,3-4H2,(H,23,24)(H,25,26). The Morgan fingerprint density at radius 3 is 1.72 bits per heavy atom. The zero-order chi connectivity index (χ0) is 21.9. The normalized spacial score (nSPS) is 10.6. The van der Waals surface area contributed by atoms with Gasteiger partial charge in [0.05, 0.1) is 22.4 Å². The van der Waals surface area contributed by atoms with Gasteiger partial charge in [-0.05, 0) is 91.8 Å². The van der Waals surface area contributed by atoms with Gasteiger partial charge in [0.2, 0.25) is 0 Å². The van der Waals surface area contributed by atoms with Gasteiger partial charge in [0.25, 0.3) is 0 Å². The number of carboxylic acid groups (broad SMARTS) is 2. The van der Waals surface area contributed by atoms with Crippen molar-refractivity contribution in [2.45, 2.75) is 0 Å². The van der Waals surface area contributed by atoms with E-state index < -0.39 is 25.2 Å². The van der Waals surface area contributed by atoms with E-state index in [4.69, 9.17) is 24.4 Å². The fraction of sp³-hybridized carbons (Fsp3) is 0.125. The molecule has 0 aliphatic carbocycles. The maximum Gasteiger partial charge on any atom is 0.341 e. The van der Waals surface area contributed by atoms with Crippen LogP contribution in [0.5, 0.6) is 23.0 Å². The quantitative estimate of drug-likeness (QED) is 0.220. The van der Waals surface area contributed by atoms with Gasteiger partial charge in [-0.25, -0.2) is 9.59 Å². The lowest BCUT2D eigenvalue weighted by molar-refractivity contribution is -0.140. The predicted octanol–water partition coefficient (Wildman–Crippen LogP) is 6.98. The van der Waals surface area contributed by atoms with Gasteiger partial charge in [0.15, 0.2) is 36.2 Å². The molecule has 156 valence electrons. The number of carboxylic acids is 2. The topological polar surface area (TPSA) is 102 Å². The van der Waals surface area contributed by atoms with Crippen molar-refractivity contribution in [3.05, 3.63) is 39.0 Å². The fourth-order valence-electron chi connectivity index (χ4n) is 1.94. The van der Waals surface area contributed by atoms with Crippen molar-refractivity contribution in [3.63, 3.8) is 0 Å². The first-order valence-corrected chi connectivity index (χ1v) is 12.0. The maximum absolute atomic E-state index is 11.0. The van der Waals surface area contributed by atoms with E-state index in [0.29, 0.717) is 26.8 Å². The molecule has 2 aromatic carbocycles. The zero-order valence-electron chi connectivity index (χ0n) is 13.8. The Kier molecular flexibility index (Phi) is 9.28. The number of aliphatic carboxylic acids is 2. The van der Waals surface area contributed by atoms with E-state index in [-0.39, 0.29) is 23.0 Å². The maximum atomic E-state index is 11.0. The molecule has 2 rings (SSSR count). The molecule has 0 aliphatic rings. The van der Waals surface area contributed by atoms with Gasteiger partial charge in [-0.2, -0.15) is 0 Å². The summed E-state index contributed by atoms with van der Waals surface area (Å²) >= 11 is 20.2. The SMILES string of the molecule is O=C(O)COc1c(Br)cc(Br)cc1Oc1c(Br)c(Br)c(Br)c(Br)c1OCC(=O)O. The van der Waals surface area contributed by atoms with Crippen molar-refractivity contribution in [3.8, 4) is 23.0 Å². The summed E-state index contributed by atoms with van der Waals surface area (Å²) in [5.41, 5.74) is 0. The highest BCUT2D eigenvalue weighted by molar-refractivity contribution is 9.15. The van der Waals surface area contributed by atoms with Gasteiger partial charge in [-0.1, -0.05) is 15.9 Å². The molecule has 0 spiro atoms. The van der Waals surface area contributed by atoms with Crippen LogP contribution in [0.15, 0.2) is 39.0 Å². The summed E-state index contributed by atoms with van der Waals surface area (Å²) in [6, 6.07) is 3.23. The number of halogens is 6. The molecule has 0 saturated carbocycles. The van der Waals surface area contributed by atoms with Crippen molar-refractivity contribution in [2.75, 3.05) is 13.2 Å². The van der Waals surface area contributed by atoms with Crippen LogP contribution in [-0.4, -0.2) is 35.4 Å². The minimum absolute atomic E-state index is 0.106. The van der Waals surface area contributed by atoms with Crippen molar-refractivity contribution in [1.29, 1.82) is 0 Å². The van der Waals surface area contributed by atoms with Gasteiger partial charge >= 0.3 is 11.9 Å². The van der Waals surface area contributed by atoms with Gasteiger partial charge in [0, 0.05) is 4.47 Å². The van der Waals surface area contributed by atoms with Crippen LogP contribution in [0.25, 0.3) is 0 Å². The number of hydrogen-bond acceptors (Lipinski definition) is 5. The van der Waals surface area contributed by atoms with Crippen LogP contribution in [0.1, 0.15) is 0 Å². The molecule has 29 heavy (non-hydrogen) atoms. The van der Waals surface area contributed by atoms with E-state index in [0.717, 1.165) is 0 Å². The number of hydrogen-bond donors (Lipinski definition) is 2. The molecule has 0 radical (unpaired) electrons. The molecule has 2 N–H and O–H groups in total. The molecule has 0 fully saturated rings. The average Bonchev–Trinajstić information content (AvgIpc) is 2.62. The summed E-state index contributed by atoms with van der Waals surface area (Å²) in [5.74, 6) is -1.79. The Hall–Kier alpha value is -0.340. The van der Waals surface area contributed by atoms with E-state index in [1.54, 1.807) is 12.1 Å². The molecule has 7 nitrogen and oxygen atoms in total. The summed E-state index contributed by atoms with van der Waals surface area (Å²) in [6.45, 7) is -1.20. The minimum atomic E-state index is -1.17. The van der Waals surface area contributed by atoms with Crippen LogP contribution in [0.4, 0.5) is 0 Å². The van der Waals surface area contributed by atoms with Gasteiger partial charge in [-0.15, -0.1) is 0 Å². The highest BCUT2D eigenvalue weighted by atomic mass is 79.9. The third-order valence-electron chi connectivity index (χ3n) is 3.05. The van der Waals surface area contributed by atoms with Crippen LogP contribution < -0.4 is 14.2 Å². The predicted molar refractivity (Wildman–Crippen MR) is 125 cm³/mol. The molecule has 0 amide bonds. The van der Waals surface area contributed by atoms with E-state index in [1.807, 2.05) is 0 Å². The Balaban J connectivity index is 2.61. The molecule has 0 aromatic heterocycles. The van der Waals surface area contributed by atoms with Crippen molar-refractivity contribution < 1.29 is 34.0 Å². The summed E-state index contributed by atoms with van der Waals surface area (Å²) in [7, 11) is 0. The van der Waals surface area contributed by atoms with E-state index in [2.05, 4.69) is 95.6 Å². The van der Waals surface area contributed by atoms with Gasteiger partial charge in [-0.3, -0.25) is 0 Å². The average molecular weight is 792 g/mol. The second kappa shape index (κ2) is 10.8. The second-order valence-electron chi connectivity index (χ2n) is 5.10. The molecule has 0 atom stereocenters. The molecular formula is C16H8Br6O7. The second-order valence-corrected chi connectivity index (χ2v) is 10.0. The molecule has 0 aliphatic heterocycles. The molecule has 0 saturated heterocycles. The Labute approximate surface area is 214 Å². The smallest absolute Gasteiger partial charge is 0.341 e. The summed E-state index contributed by atoms with van der Waals surface area (Å²) < 4.78 is 19.8. The lowest BCUT2D eigenvalue weighted by Gasteiger charge is -2.19. The number of benzene rings is 2. The first kappa shape index (κ1) is 24.9. The van der Waals surface area contributed by atoms with Crippen molar-refractivity contribution in [2.24, 2.45) is 0 Å². The van der Waals surface area contributed by atoms with Gasteiger partial charge in [0.1, 0.15) is 0 Å². The number of ether oxygens (including phenoxy) is 3. The Bertz CT molecular complexity index is 979. The van der Waals surface area contributed by atoms with E-state index in [1.165, 1.54) is 0 Å². The van der Waals surface area contributed by atoms with Crippen molar-refractivity contribution in [1.82, 2.24) is 0 Å². The summed E-state index contributed by atoms with van der Waals surface area (Å²) in [6.07, 6.45) is 0. The molecule has 0 unspecified atom stereocenters. The number of carbonyl (C=O) groups is 2. The fourth-order valence-corrected chi connectivity index (χ4v) is 5.48. The van der Waals surface area contributed by atoms with Crippen LogP contribution in [0.2, 0.25) is 0 Å². The van der Waals surface area contributed by atoms with E-state index >= 15 is 0 Å². The third-order valence-corrected chi connectivity index (χ3v) is 8.79. The molecule has 13 heteroatoms. The van der Waals surface area contributed by atoms with Crippen LogP contribution in [0, 0.1) is 0 Å². The molecular weight excluding hydrogens is 784 g/mol. The first-order valence-electron chi connectivity index (χ1n) is 7.25. The Morgan fingerprint density at radius 2 is 1.21 bits per heavy atom. The molecule has 0 heterocycles. The third kappa shape index (κ3) is 6.33. The van der Waals surface area contributed by atoms with Crippen molar-refractivity contribution >= 4 is 108 Å². The lowest BCUT2D eigenvalue weighted by atomic mass is 10.3. The zero-order valence-corrected chi connectivity index (χ0v) is 23.3. The number of rotatable bonds is 8. The van der Waals surface area contributed by atoms with Crippen LogP contribution in [-0.2, 0) is 9.59 Å². The molecule has 0 bridgehead atoms. The first-order chi connectivity index (χ1) is 13.5. The van der Waals surface area contributed by atoms with Crippen LogP contribution >= 0.6 is 95.6 Å². The highest BCUT2D eigenvalue weighted by Gasteiger charge is 2.25. The summed E-state index contributed by atoms with van der Waals surface area (Å²) in [4.78, 5) is 21.9. The lowest BCUT2D eigenvalue weighted by Crippen LogP contribution is -2.11. The van der Waals surface area contributed by atoms with Gasteiger partial charge < -0.3 is 24.4 Å². The summed E-state index contributed by atoms with van der Waals surface area (Å²) in [5, 5.41) is 17.9. The highest BCUT2D eigenvalue weighted by Crippen LogP contribution is 2.53. The molecule has 2 aromatic rings. The minimum Gasteiger partial charge on any atom is -0.479 e. The van der Waals surface area contributed by atoms with E-state index in [9.17, 15) is 9.59 Å².